The van der Waals surface area contributed by atoms with Crippen molar-refractivity contribution in [2.45, 2.75) is 0 Å². The Hall–Kier alpha value is -1.62. The predicted octanol–water partition coefficient (Wildman–Crippen LogP) is -0.922. The molecule has 0 bridgehead atoms. The summed E-state index contributed by atoms with van der Waals surface area (Å²) in [4.78, 5) is 13.9. The first kappa shape index (κ1) is 16.4. The summed E-state index contributed by atoms with van der Waals surface area (Å²) in [5, 5.41) is 14.5. The van der Waals surface area contributed by atoms with Crippen LogP contribution in [0, 0.1) is 11.3 Å². The zero-order valence-corrected chi connectivity index (χ0v) is 11.9. The first-order valence-electron chi connectivity index (χ1n) is 6.69. The van der Waals surface area contributed by atoms with E-state index in [0.717, 1.165) is 32.8 Å². The molecule has 1 fully saturated rings. The Bertz CT molecular complexity index is 359. The molecule has 1 aliphatic rings. The first-order valence-corrected chi connectivity index (χ1v) is 6.69. The van der Waals surface area contributed by atoms with E-state index in [1.54, 1.807) is 7.11 Å². The van der Waals surface area contributed by atoms with Crippen molar-refractivity contribution in [2.24, 2.45) is 0 Å². The Morgan fingerprint density at radius 1 is 1.45 bits per heavy atom. The van der Waals surface area contributed by atoms with Gasteiger partial charge in [0.2, 0.25) is 0 Å². The number of carbonyl (C=O) groups is 1. The summed E-state index contributed by atoms with van der Waals surface area (Å²) in [5.41, 5.74) is 0.0723. The van der Waals surface area contributed by atoms with Crippen molar-refractivity contribution in [2.75, 3.05) is 59.7 Å². The van der Waals surface area contributed by atoms with E-state index in [9.17, 15) is 4.79 Å². The Labute approximate surface area is 119 Å². The molecule has 0 atom stereocenters. The number of methoxy groups -OCH3 is 1. The lowest BCUT2D eigenvalue weighted by atomic mass is 10.3. The van der Waals surface area contributed by atoms with Gasteiger partial charge in [0.25, 0.3) is 5.91 Å². The van der Waals surface area contributed by atoms with Crippen LogP contribution in [0.25, 0.3) is 0 Å². The van der Waals surface area contributed by atoms with Gasteiger partial charge in [-0.2, -0.15) is 5.26 Å². The molecule has 0 aliphatic carbocycles. The van der Waals surface area contributed by atoms with Gasteiger partial charge in [0, 0.05) is 46.0 Å². The molecule has 20 heavy (non-hydrogen) atoms. The molecular formula is C13H22N4O3. The quantitative estimate of drug-likeness (QED) is 0.340. The second-order valence-corrected chi connectivity index (χ2v) is 4.33. The van der Waals surface area contributed by atoms with Crippen molar-refractivity contribution < 1.29 is 14.3 Å². The number of hydrogen-bond acceptors (Lipinski definition) is 6. The van der Waals surface area contributed by atoms with Gasteiger partial charge in [0.1, 0.15) is 11.6 Å². The maximum atomic E-state index is 11.6. The largest absolute Gasteiger partial charge is 0.388 e. The van der Waals surface area contributed by atoms with Gasteiger partial charge in [0.05, 0.1) is 19.8 Å². The van der Waals surface area contributed by atoms with Crippen molar-refractivity contribution >= 4 is 5.91 Å². The van der Waals surface area contributed by atoms with Crippen LogP contribution in [-0.2, 0) is 14.3 Å². The van der Waals surface area contributed by atoms with Gasteiger partial charge in [0.15, 0.2) is 0 Å². The molecule has 1 saturated heterocycles. The van der Waals surface area contributed by atoms with E-state index in [1.165, 1.54) is 6.20 Å². The lowest BCUT2D eigenvalue weighted by Crippen LogP contribution is -2.39. The highest BCUT2D eigenvalue weighted by molar-refractivity contribution is 5.97. The Morgan fingerprint density at radius 3 is 2.85 bits per heavy atom. The zero-order chi connectivity index (χ0) is 14.6. The van der Waals surface area contributed by atoms with Crippen LogP contribution in [0.4, 0.5) is 0 Å². The number of morpholine rings is 1. The Morgan fingerprint density at radius 2 is 2.20 bits per heavy atom. The Kier molecular flexibility index (Phi) is 8.38. The molecular weight excluding hydrogens is 260 g/mol. The highest BCUT2D eigenvalue weighted by atomic mass is 16.5. The van der Waals surface area contributed by atoms with Gasteiger partial charge in [-0.3, -0.25) is 9.69 Å². The first-order chi connectivity index (χ1) is 9.77. The smallest absolute Gasteiger partial charge is 0.263 e. The molecule has 7 nitrogen and oxygen atoms in total. The normalized spacial score (nSPS) is 16.5. The molecule has 0 aromatic carbocycles. The van der Waals surface area contributed by atoms with Crippen molar-refractivity contribution in [1.82, 2.24) is 15.5 Å². The monoisotopic (exact) mass is 282 g/mol. The maximum Gasteiger partial charge on any atom is 0.263 e. The number of nitrogens with one attached hydrogen (secondary N) is 2. The maximum absolute atomic E-state index is 11.6. The van der Waals surface area contributed by atoms with E-state index in [4.69, 9.17) is 14.7 Å². The topological polar surface area (TPSA) is 86.6 Å². The van der Waals surface area contributed by atoms with Gasteiger partial charge >= 0.3 is 0 Å². The highest BCUT2D eigenvalue weighted by Gasteiger charge is 2.10. The van der Waals surface area contributed by atoms with Crippen LogP contribution in [-0.4, -0.2) is 70.5 Å². The fourth-order valence-corrected chi connectivity index (χ4v) is 1.73. The molecule has 1 heterocycles. The second-order valence-electron chi connectivity index (χ2n) is 4.33. The van der Waals surface area contributed by atoms with Crippen LogP contribution in [0.3, 0.4) is 0 Å². The molecule has 0 aromatic heterocycles. The molecule has 1 rings (SSSR count). The minimum atomic E-state index is -0.386. The average Bonchev–Trinajstić information content (AvgIpc) is 2.48. The molecule has 0 saturated carbocycles. The number of nitriles is 1. The molecule has 0 unspecified atom stereocenters. The summed E-state index contributed by atoms with van der Waals surface area (Å²) < 4.78 is 10.1. The van der Waals surface area contributed by atoms with E-state index in [0.29, 0.717) is 19.7 Å². The van der Waals surface area contributed by atoms with Crippen LogP contribution in [0.15, 0.2) is 11.8 Å². The predicted molar refractivity (Wildman–Crippen MR) is 73.8 cm³/mol. The number of nitrogens with zero attached hydrogens (tertiary/aromatic N) is 2. The summed E-state index contributed by atoms with van der Waals surface area (Å²) in [6, 6.07) is 1.88. The number of amides is 1. The summed E-state index contributed by atoms with van der Waals surface area (Å²) in [6.45, 7) is 5.75. The molecule has 112 valence electrons. The molecule has 7 heteroatoms. The van der Waals surface area contributed by atoms with Gasteiger partial charge in [-0.05, 0) is 0 Å². The van der Waals surface area contributed by atoms with Crippen LogP contribution in [0.2, 0.25) is 0 Å². The number of carbonyl (C=O) groups excluding carboxylic acids is 1. The fraction of sp³-hybridized carbons (Fsp3) is 0.692. The van der Waals surface area contributed by atoms with Crippen LogP contribution in [0.1, 0.15) is 0 Å². The fourth-order valence-electron chi connectivity index (χ4n) is 1.73. The van der Waals surface area contributed by atoms with Crippen molar-refractivity contribution in [3.63, 3.8) is 0 Å². The van der Waals surface area contributed by atoms with Gasteiger partial charge in [-0.1, -0.05) is 0 Å². The standard InChI is InChI=1S/C13H22N4O3/c1-19-7-3-16-13(18)12(10-14)11-15-2-4-17-5-8-20-9-6-17/h11,15H,2-9H2,1H3,(H,16,18)/b12-11-. The van der Waals surface area contributed by atoms with E-state index >= 15 is 0 Å². The lowest BCUT2D eigenvalue weighted by molar-refractivity contribution is -0.117. The highest BCUT2D eigenvalue weighted by Crippen LogP contribution is 1.95. The minimum Gasteiger partial charge on any atom is -0.388 e. The molecule has 1 aliphatic heterocycles. The second kappa shape index (κ2) is 10.2. The van der Waals surface area contributed by atoms with E-state index in [1.807, 2.05) is 6.07 Å². The van der Waals surface area contributed by atoms with Crippen LogP contribution in [0.5, 0.6) is 0 Å². The molecule has 2 N–H and O–H groups in total. The summed E-state index contributed by atoms with van der Waals surface area (Å²) in [5.74, 6) is -0.386. The van der Waals surface area contributed by atoms with Crippen LogP contribution >= 0.6 is 0 Å². The average molecular weight is 282 g/mol. The van der Waals surface area contributed by atoms with Crippen molar-refractivity contribution in [3.05, 3.63) is 11.8 Å². The van der Waals surface area contributed by atoms with E-state index < -0.39 is 0 Å². The van der Waals surface area contributed by atoms with E-state index in [2.05, 4.69) is 15.5 Å². The SMILES string of the molecule is COCCNC(=O)/C(C#N)=C\NCCN1CCOCC1. The summed E-state index contributed by atoms with van der Waals surface area (Å²) in [7, 11) is 1.56. The zero-order valence-electron chi connectivity index (χ0n) is 11.9. The van der Waals surface area contributed by atoms with Crippen LogP contribution < -0.4 is 10.6 Å². The van der Waals surface area contributed by atoms with E-state index in [-0.39, 0.29) is 11.5 Å². The molecule has 0 spiro atoms. The third kappa shape index (κ3) is 6.52. The van der Waals surface area contributed by atoms with Gasteiger partial charge in [-0.15, -0.1) is 0 Å². The lowest BCUT2D eigenvalue weighted by Gasteiger charge is -2.26. The molecule has 0 aromatic rings. The van der Waals surface area contributed by atoms with Crippen molar-refractivity contribution in [3.8, 4) is 6.07 Å². The molecule has 0 radical (unpaired) electrons. The van der Waals surface area contributed by atoms with Gasteiger partial charge in [-0.25, -0.2) is 0 Å². The minimum absolute atomic E-state index is 0.0723. The summed E-state index contributed by atoms with van der Waals surface area (Å²) >= 11 is 0. The third-order valence-corrected chi connectivity index (χ3v) is 2.88. The molecule has 1 amide bonds. The Balaban J connectivity index is 2.23. The third-order valence-electron chi connectivity index (χ3n) is 2.88. The number of rotatable bonds is 8. The van der Waals surface area contributed by atoms with Gasteiger partial charge < -0.3 is 20.1 Å². The number of hydrogen-bond donors (Lipinski definition) is 2. The number of ether oxygens (including phenoxy) is 2. The summed E-state index contributed by atoms with van der Waals surface area (Å²) in [6.07, 6.45) is 1.46. The van der Waals surface area contributed by atoms with Crippen molar-refractivity contribution in [1.29, 1.82) is 5.26 Å².